The molecule has 1 aromatic rings. The summed E-state index contributed by atoms with van der Waals surface area (Å²) in [5.41, 5.74) is 0.542. The summed E-state index contributed by atoms with van der Waals surface area (Å²) in [6.07, 6.45) is 2.06. The average molecular weight is 261 g/mol. The molecule has 0 saturated heterocycles. The second kappa shape index (κ2) is 5.85. The predicted molar refractivity (Wildman–Crippen MR) is 70.1 cm³/mol. The number of aliphatic hydroxyl groups excluding tert-OH is 1. The van der Waals surface area contributed by atoms with E-state index in [1.807, 2.05) is 6.92 Å². The number of hydrogen-bond acceptors (Lipinski definition) is 2. The smallest absolute Gasteiger partial charge is 0.254 e. The molecule has 0 aromatic heterocycles. The van der Waals surface area contributed by atoms with Gasteiger partial charge in [0.1, 0.15) is 12.4 Å². The van der Waals surface area contributed by atoms with Gasteiger partial charge in [0.15, 0.2) is 0 Å². The number of carbonyl (C=O) groups excluding carboxylic acids is 1. The number of amides is 1. The second-order valence-corrected chi connectivity index (χ2v) is 4.48. The molecule has 0 bridgehead atoms. The van der Waals surface area contributed by atoms with Gasteiger partial charge in [-0.15, -0.1) is 0 Å². The van der Waals surface area contributed by atoms with Crippen LogP contribution in [0, 0.1) is 17.7 Å². The van der Waals surface area contributed by atoms with Gasteiger partial charge in [-0.1, -0.05) is 11.8 Å². The van der Waals surface area contributed by atoms with Crippen LogP contribution < -0.4 is 0 Å². The molecule has 3 nitrogen and oxygen atoms in total. The van der Waals surface area contributed by atoms with Crippen LogP contribution in [0.1, 0.15) is 35.7 Å². The minimum atomic E-state index is -0.529. The van der Waals surface area contributed by atoms with Gasteiger partial charge in [0, 0.05) is 18.2 Å². The van der Waals surface area contributed by atoms with Crippen molar-refractivity contribution in [3.63, 3.8) is 0 Å². The van der Waals surface area contributed by atoms with Crippen LogP contribution in [0.4, 0.5) is 4.39 Å². The Kier molecular flexibility index (Phi) is 4.18. The fourth-order valence-electron chi connectivity index (χ4n) is 2.00. The van der Waals surface area contributed by atoms with Crippen molar-refractivity contribution in [1.29, 1.82) is 0 Å². The summed E-state index contributed by atoms with van der Waals surface area (Å²) in [6, 6.07) is 4.59. The largest absolute Gasteiger partial charge is 0.384 e. The first-order valence-electron chi connectivity index (χ1n) is 6.37. The van der Waals surface area contributed by atoms with E-state index >= 15 is 0 Å². The third-order valence-electron chi connectivity index (χ3n) is 3.11. The molecular formula is C15H16FNO2. The summed E-state index contributed by atoms with van der Waals surface area (Å²) < 4.78 is 13.8. The summed E-state index contributed by atoms with van der Waals surface area (Å²) in [5.74, 6) is 4.23. The zero-order chi connectivity index (χ0) is 13.8. The zero-order valence-corrected chi connectivity index (χ0v) is 10.8. The SMILES string of the molecule is CCN(C(=O)c1ccc(C#CCO)c(F)c1)C1CC1. The van der Waals surface area contributed by atoms with Gasteiger partial charge >= 0.3 is 0 Å². The maximum Gasteiger partial charge on any atom is 0.254 e. The van der Waals surface area contributed by atoms with Crippen LogP contribution in [-0.2, 0) is 0 Å². The molecule has 1 aliphatic carbocycles. The van der Waals surface area contributed by atoms with Gasteiger partial charge in [-0.25, -0.2) is 4.39 Å². The third-order valence-corrected chi connectivity index (χ3v) is 3.11. The van der Waals surface area contributed by atoms with E-state index in [1.165, 1.54) is 12.1 Å². The zero-order valence-electron chi connectivity index (χ0n) is 10.8. The highest BCUT2D eigenvalue weighted by atomic mass is 19.1. The minimum Gasteiger partial charge on any atom is -0.384 e. The first-order chi connectivity index (χ1) is 9.17. The Labute approximate surface area is 112 Å². The van der Waals surface area contributed by atoms with Crippen molar-refractivity contribution >= 4 is 5.91 Å². The third kappa shape index (κ3) is 3.12. The van der Waals surface area contributed by atoms with Crippen molar-refractivity contribution in [2.75, 3.05) is 13.2 Å². The normalized spacial score (nSPS) is 13.6. The van der Waals surface area contributed by atoms with Gasteiger partial charge in [-0.3, -0.25) is 4.79 Å². The highest BCUT2D eigenvalue weighted by Crippen LogP contribution is 2.28. The summed E-state index contributed by atoms with van der Waals surface area (Å²) in [4.78, 5) is 14.0. The first-order valence-corrected chi connectivity index (χ1v) is 6.37. The van der Waals surface area contributed by atoms with E-state index in [0.29, 0.717) is 18.2 Å². The van der Waals surface area contributed by atoms with Gasteiger partial charge in [0.05, 0.1) is 5.56 Å². The fraction of sp³-hybridized carbons (Fsp3) is 0.400. The number of benzene rings is 1. The number of carbonyl (C=O) groups is 1. The van der Waals surface area contributed by atoms with Crippen LogP contribution >= 0.6 is 0 Å². The molecule has 0 atom stereocenters. The van der Waals surface area contributed by atoms with Crippen molar-refractivity contribution in [3.05, 3.63) is 35.1 Å². The quantitative estimate of drug-likeness (QED) is 0.843. The Morgan fingerprint density at radius 2 is 2.26 bits per heavy atom. The van der Waals surface area contributed by atoms with E-state index in [0.717, 1.165) is 12.8 Å². The summed E-state index contributed by atoms with van der Waals surface area (Å²) >= 11 is 0. The Balaban J connectivity index is 2.21. The number of nitrogens with zero attached hydrogens (tertiary/aromatic N) is 1. The van der Waals surface area contributed by atoms with Crippen molar-refractivity contribution in [2.45, 2.75) is 25.8 Å². The number of hydrogen-bond donors (Lipinski definition) is 1. The first kappa shape index (κ1) is 13.6. The summed E-state index contributed by atoms with van der Waals surface area (Å²) in [5, 5.41) is 8.58. The molecule has 1 amide bonds. The monoisotopic (exact) mass is 261 g/mol. The summed E-state index contributed by atoms with van der Waals surface area (Å²) in [6.45, 7) is 2.25. The molecule has 1 aliphatic rings. The van der Waals surface area contributed by atoms with Gasteiger partial charge in [0.2, 0.25) is 0 Å². The standard InChI is InChI=1S/C15H16FNO2/c1-2-17(13-7-8-13)15(19)12-6-5-11(4-3-9-18)14(16)10-12/h5-6,10,13,18H,2,7-9H2,1H3. The van der Waals surface area contributed by atoms with Crippen LogP contribution in [0.15, 0.2) is 18.2 Å². The molecule has 1 N–H and O–H groups in total. The lowest BCUT2D eigenvalue weighted by molar-refractivity contribution is 0.0752. The molecule has 0 radical (unpaired) electrons. The van der Waals surface area contributed by atoms with Crippen molar-refractivity contribution < 1.29 is 14.3 Å². The van der Waals surface area contributed by atoms with E-state index in [2.05, 4.69) is 11.8 Å². The molecule has 1 fully saturated rings. The lowest BCUT2D eigenvalue weighted by Gasteiger charge is -2.20. The topological polar surface area (TPSA) is 40.5 Å². The molecule has 0 unspecified atom stereocenters. The molecular weight excluding hydrogens is 245 g/mol. The van der Waals surface area contributed by atoms with E-state index < -0.39 is 5.82 Å². The number of halogens is 1. The van der Waals surface area contributed by atoms with Gasteiger partial charge in [-0.05, 0) is 38.0 Å². The number of rotatable bonds is 3. The van der Waals surface area contributed by atoms with Crippen LogP contribution in [0.2, 0.25) is 0 Å². The fourth-order valence-corrected chi connectivity index (χ4v) is 2.00. The molecule has 0 aliphatic heterocycles. The molecule has 2 rings (SSSR count). The molecule has 100 valence electrons. The summed E-state index contributed by atoms with van der Waals surface area (Å²) in [7, 11) is 0. The Morgan fingerprint density at radius 3 is 2.79 bits per heavy atom. The minimum absolute atomic E-state index is 0.134. The van der Waals surface area contributed by atoms with E-state index in [4.69, 9.17) is 5.11 Å². The van der Waals surface area contributed by atoms with Crippen LogP contribution in [0.25, 0.3) is 0 Å². The highest BCUT2D eigenvalue weighted by Gasteiger charge is 2.31. The molecule has 0 heterocycles. The maximum absolute atomic E-state index is 13.8. The molecule has 4 heteroatoms. The van der Waals surface area contributed by atoms with Gasteiger partial charge < -0.3 is 10.0 Å². The molecule has 1 saturated carbocycles. The second-order valence-electron chi connectivity index (χ2n) is 4.48. The molecule has 0 spiro atoms. The lowest BCUT2D eigenvalue weighted by atomic mass is 10.1. The van der Waals surface area contributed by atoms with Crippen molar-refractivity contribution in [1.82, 2.24) is 4.90 Å². The highest BCUT2D eigenvalue weighted by molar-refractivity contribution is 5.94. The number of aliphatic hydroxyl groups is 1. The Hall–Kier alpha value is -1.86. The van der Waals surface area contributed by atoms with Gasteiger partial charge in [-0.2, -0.15) is 0 Å². The van der Waals surface area contributed by atoms with Crippen molar-refractivity contribution in [3.8, 4) is 11.8 Å². The molecule has 1 aromatic carbocycles. The maximum atomic E-state index is 13.8. The van der Waals surface area contributed by atoms with E-state index in [9.17, 15) is 9.18 Å². The van der Waals surface area contributed by atoms with E-state index in [-0.39, 0.29) is 18.1 Å². The van der Waals surface area contributed by atoms with Crippen LogP contribution in [-0.4, -0.2) is 35.1 Å². The lowest BCUT2D eigenvalue weighted by Crippen LogP contribution is -2.32. The van der Waals surface area contributed by atoms with E-state index in [1.54, 1.807) is 11.0 Å². The van der Waals surface area contributed by atoms with Crippen LogP contribution in [0.5, 0.6) is 0 Å². The van der Waals surface area contributed by atoms with Crippen molar-refractivity contribution in [2.24, 2.45) is 0 Å². The Morgan fingerprint density at radius 1 is 1.53 bits per heavy atom. The average Bonchev–Trinajstić information content (AvgIpc) is 3.22. The molecule has 19 heavy (non-hydrogen) atoms. The van der Waals surface area contributed by atoms with Gasteiger partial charge in [0.25, 0.3) is 5.91 Å². The van der Waals surface area contributed by atoms with Crippen LogP contribution in [0.3, 0.4) is 0 Å². The predicted octanol–water partition coefficient (Wildman–Crippen LogP) is 1.79. The Bertz CT molecular complexity index is 541.